The summed E-state index contributed by atoms with van der Waals surface area (Å²) in [6.45, 7) is 0. The highest BCUT2D eigenvalue weighted by Crippen LogP contribution is 2.36. The van der Waals surface area contributed by atoms with Gasteiger partial charge in [0.05, 0.1) is 10.0 Å². The molecule has 0 aromatic heterocycles. The highest BCUT2D eigenvalue weighted by atomic mass is 35.5. The van der Waals surface area contributed by atoms with Crippen LogP contribution in [0.3, 0.4) is 0 Å². The van der Waals surface area contributed by atoms with Gasteiger partial charge in [0.15, 0.2) is 10.5 Å². The number of halogens is 3. The van der Waals surface area contributed by atoms with Crippen molar-refractivity contribution in [3.63, 3.8) is 0 Å². The van der Waals surface area contributed by atoms with Crippen LogP contribution in [0.2, 0.25) is 10.0 Å². The lowest BCUT2D eigenvalue weighted by Gasteiger charge is -2.22. The Morgan fingerprint density at radius 2 is 1.93 bits per heavy atom. The van der Waals surface area contributed by atoms with E-state index < -0.39 is 27.0 Å². The molecule has 2 N–H and O–H groups in total. The summed E-state index contributed by atoms with van der Waals surface area (Å²) in [6.07, 6.45) is 0.222. The largest absolute Gasteiger partial charge is 0.368 e. The second-order valence-electron chi connectivity index (χ2n) is 5.36. The zero-order valence-corrected chi connectivity index (χ0v) is 17.2. The molecular weight excluding hydrogens is 454 g/mol. The van der Waals surface area contributed by atoms with Gasteiger partial charge < -0.3 is 5.11 Å². The summed E-state index contributed by atoms with van der Waals surface area (Å²) >= 11 is 18.0. The summed E-state index contributed by atoms with van der Waals surface area (Å²) in [7, 11) is -4.27. The topological polar surface area (TPSA) is 69.6 Å². The maximum absolute atomic E-state index is 13.8. The minimum Gasteiger partial charge on any atom is -0.368 e. The van der Waals surface area contributed by atoms with Gasteiger partial charge in [-0.05, 0) is 35.9 Å². The maximum Gasteiger partial charge on any atom is 0.260 e. The molecule has 0 amide bonds. The van der Waals surface area contributed by atoms with Crippen LogP contribution in [0.25, 0.3) is 6.08 Å². The summed E-state index contributed by atoms with van der Waals surface area (Å²) in [5.41, 5.74) is 0.646. The summed E-state index contributed by atoms with van der Waals surface area (Å²) in [6, 6.07) is 9.78. The first-order valence-corrected chi connectivity index (χ1v) is 10.8. The van der Waals surface area contributed by atoms with Crippen LogP contribution in [0, 0.1) is 5.82 Å². The Hall–Kier alpha value is -1.20. The van der Waals surface area contributed by atoms with E-state index in [1.807, 2.05) is 0 Å². The third-order valence-corrected chi connectivity index (χ3v) is 6.97. The quantitative estimate of drug-likeness (QED) is 0.665. The molecule has 1 atom stereocenters. The van der Waals surface area contributed by atoms with Crippen LogP contribution < -0.4 is 4.83 Å². The standard InChI is InChI=1S/C16H11Cl2FN2O3S3/c17-10-6-5-9(7-11(10)18)8-13-15(22)21(16(25)26-13)20-27(23,24)14-4-2-1-3-12(14)19/h1-8,15,20,22H/b13-8-. The molecule has 0 saturated carbocycles. The second kappa shape index (κ2) is 8.04. The molecule has 142 valence electrons. The van der Waals surface area contributed by atoms with E-state index in [2.05, 4.69) is 4.83 Å². The Bertz CT molecular complexity index is 1050. The fraction of sp³-hybridized carbons (Fsp3) is 0.0625. The maximum atomic E-state index is 13.8. The van der Waals surface area contributed by atoms with Crippen molar-refractivity contribution in [1.82, 2.24) is 9.84 Å². The first kappa shape index (κ1) is 20.5. The third-order valence-electron chi connectivity index (χ3n) is 3.50. The molecule has 0 aliphatic carbocycles. The number of aliphatic hydroxyl groups excluding tert-OH is 1. The Morgan fingerprint density at radius 1 is 1.22 bits per heavy atom. The van der Waals surface area contributed by atoms with Gasteiger partial charge in [0.2, 0.25) is 0 Å². The number of hydrazine groups is 1. The number of rotatable bonds is 4. The van der Waals surface area contributed by atoms with Gasteiger partial charge in [0.1, 0.15) is 10.7 Å². The average molecular weight is 465 g/mol. The highest BCUT2D eigenvalue weighted by Gasteiger charge is 2.36. The number of sulfonamides is 1. The predicted octanol–water partition coefficient (Wildman–Crippen LogP) is 4.02. The van der Waals surface area contributed by atoms with E-state index in [1.165, 1.54) is 12.1 Å². The van der Waals surface area contributed by atoms with E-state index in [9.17, 15) is 17.9 Å². The van der Waals surface area contributed by atoms with Crippen LogP contribution in [0.15, 0.2) is 52.3 Å². The molecule has 1 unspecified atom stereocenters. The van der Waals surface area contributed by atoms with E-state index >= 15 is 0 Å². The molecule has 2 aromatic carbocycles. The molecule has 1 aliphatic heterocycles. The van der Waals surface area contributed by atoms with Crippen LogP contribution in [0.1, 0.15) is 5.56 Å². The minimum atomic E-state index is -4.27. The van der Waals surface area contributed by atoms with Crippen molar-refractivity contribution in [2.75, 3.05) is 0 Å². The second-order valence-corrected chi connectivity index (χ2v) is 9.51. The van der Waals surface area contributed by atoms with Crippen molar-refractivity contribution in [1.29, 1.82) is 0 Å². The van der Waals surface area contributed by atoms with E-state index in [4.69, 9.17) is 35.4 Å². The van der Waals surface area contributed by atoms with Gasteiger partial charge >= 0.3 is 0 Å². The van der Waals surface area contributed by atoms with Gasteiger partial charge in [0.25, 0.3) is 10.0 Å². The highest BCUT2D eigenvalue weighted by molar-refractivity contribution is 8.26. The average Bonchev–Trinajstić information content (AvgIpc) is 2.85. The first-order valence-electron chi connectivity index (χ1n) is 7.32. The molecule has 2 aromatic rings. The number of benzene rings is 2. The molecule has 3 rings (SSSR count). The van der Waals surface area contributed by atoms with Gasteiger partial charge in [-0.3, -0.25) is 0 Å². The molecule has 27 heavy (non-hydrogen) atoms. The number of thiocarbonyl (C=S) groups is 1. The third kappa shape index (κ3) is 4.45. The van der Waals surface area contributed by atoms with E-state index in [0.29, 0.717) is 20.5 Å². The number of thioether (sulfide) groups is 1. The van der Waals surface area contributed by atoms with Crippen molar-refractivity contribution in [3.8, 4) is 0 Å². The van der Waals surface area contributed by atoms with Crippen molar-refractivity contribution in [3.05, 3.63) is 68.8 Å². The fourth-order valence-corrected chi connectivity index (χ4v) is 5.07. The Morgan fingerprint density at radius 3 is 2.59 bits per heavy atom. The molecule has 0 spiro atoms. The SMILES string of the molecule is O=S(=O)(NN1C(=S)S/C(=C\c2ccc(Cl)c(Cl)c2)C1O)c1ccccc1F. The van der Waals surface area contributed by atoms with Gasteiger partial charge in [-0.1, -0.05) is 65.4 Å². The monoisotopic (exact) mass is 464 g/mol. The van der Waals surface area contributed by atoms with E-state index in [1.54, 1.807) is 24.3 Å². The zero-order valence-electron chi connectivity index (χ0n) is 13.3. The van der Waals surface area contributed by atoms with Gasteiger partial charge in [-0.2, -0.15) is 0 Å². The number of hydrogen-bond acceptors (Lipinski definition) is 5. The van der Waals surface area contributed by atoms with Gasteiger partial charge in [-0.25, -0.2) is 17.8 Å². The smallest absolute Gasteiger partial charge is 0.260 e. The van der Waals surface area contributed by atoms with E-state index in [0.717, 1.165) is 28.9 Å². The number of nitrogens with one attached hydrogen (secondary N) is 1. The zero-order chi connectivity index (χ0) is 19.8. The number of hydrogen-bond donors (Lipinski definition) is 2. The van der Waals surface area contributed by atoms with Crippen LogP contribution in [0.5, 0.6) is 0 Å². The minimum absolute atomic E-state index is 0.0636. The van der Waals surface area contributed by atoms with Crippen molar-refractivity contribution >= 4 is 67.6 Å². The van der Waals surface area contributed by atoms with E-state index in [-0.39, 0.29) is 4.32 Å². The first-order chi connectivity index (χ1) is 12.7. The van der Waals surface area contributed by atoms with Gasteiger partial charge in [0, 0.05) is 4.91 Å². The normalized spacial score (nSPS) is 19.1. The Labute approximate surface area is 174 Å². The molecule has 0 bridgehead atoms. The van der Waals surface area contributed by atoms with Crippen LogP contribution in [-0.2, 0) is 10.0 Å². The molecule has 1 saturated heterocycles. The molecular formula is C16H11Cl2FN2O3S3. The molecule has 0 radical (unpaired) electrons. The fourth-order valence-electron chi connectivity index (χ4n) is 2.23. The molecule has 11 heteroatoms. The predicted molar refractivity (Wildman–Crippen MR) is 109 cm³/mol. The molecule has 5 nitrogen and oxygen atoms in total. The molecule has 1 aliphatic rings. The molecule has 1 fully saturated rings. The van der Waals surface area contributed by atoms with Crippen molar-refractivity contribution < 1.29 is 17.9 Å². The molecule has 1 heterocycles. The van der Waals surface area contributed by atoms with Crippen molar-refractivity contribution in [2.45, 2.75) is 11.1 Å². The van der Waals surface area contributed by atoms with Crippen molar-refractivity contribution in [2.24, 2.45) is 0 Å². The Kier molecular flexibility index (Phi) is 6.11. The lowest BCUT2D eigenvalue weighted by molar-refractivity contribution is 0.0880. The number of nitrogens with zero attached hydrogens (tertiary/aromatic N) is 1. The van der Waals surface area contributed by atoms with Crippen LogP contribution in [0.4, 0.5) is 4.39 Å². The summed E-state index contributed by atoms with van der Waals surface area (Å²) in [5.74, 6) is -0.913. The lowest BCUT2D eigenvalue weighted by atomic mass is 10.2. The van der Waals surface area contributed by atoms with Crippen LogP contribution in [-0.4, -0.2) is 29.1 Å². The number of aliphatic hydroxyl groups is 1. The lowest BCUT2D eigenvalue weighted by Crippen LogP contribution is -2.47. The summed E-state index contributed by atoms with van der Waals surface area (Å²) in [4.78, 5) is 1.93. The van der Waals surface area contributed by atoms with Crippen LogP contribution >= 0.6 is 47.2 Å². The van der Waals surface area contributed by atoms with Gasteiger partial charge in [-0.15, -0.1) is 4.83 Å². The Balaban J connectivity index is 1.86. The summed E-state index contributed by atoms with van der Waals surface area (Å²) < 4.78 is 38.7. The summed E-state index contributed by atoms with van der Waals surface area (Å²) in [5, 5.41) is 12.1.